The van der Waals surface area contributed by atoms with Gasteiger partial charge in [0.1, 0.15) is 10.5 Å². The first-order valence-electron chi connectivity index (χ1n) is 18.8. The van der Waals surface area contributed by atoms with Gasteiger partial charge in [-0.2, -0.15) is 8.61 Å². The highest BCUT2D eigenvalue weighted by Gasteiger charge is 2.33. The van der Waals surface area contributed by atoms with Gasteiger partial charge in [0.05, 0.1) is 9.79 Å². The van der Waals surface area contributed by atoms with Gasteiger partial charge in [0.2, 0.25) is 43.6 Å². The molecule has 0 radical (unpaired) electrons. The SMILES string of the molecule is Nc1ccc(-c2nnc(C(SC(c3ccc(S(=O)(=O)N4CCCCC4)cc3)c3nnc(-c4ccc(N)cc4)o3)c3ccc(S(=O)(=O)N4CCCCC4)cc3)o2)cc1. The zero-order valence-electron chi connectivity index (χ0n) is 31.0. The van der Waals surface area contributed by atoms with Crippen molar-refractivity contribution in [3.8, 4) is 22.9 Å². The van der Waals surface area contributed by atoms with E-state index in [1.807, 2.05) is 0 Å². The Morgan fingerprint density at radius 2 is 0.842 bits per heavy atom. The number of rotatable bonds is 12. The highest BCUT2D eigenvalue weighted by molar-refractivity contribution is 8.00. The van der Waals surface area contributed by atoms with Gasteiger partial charge in [-0.05, 0) is 110 Å². The summed E-state index contributed by atoms with van der Waals surface area (Å²) < 4.78 is 70.1. The van der Waals surface area contributed by atoms with Crippen LogP contribution in [0.3, 0.4) is 0 Å². The van der Waals surface area contributed by atoms with Crippen molar-refractivity contribution >= 4 is 43.2 Å². The van der Waals surface area contributed by atoms with Crippen LogP contribution in [0.5, 0.6) is 0 Å². The first-order valence-corrected chi connectivity index (χ1v) is 22.6. The van der Waals surface area contributed by atoms with Crippen molar-refractivity contribution in [2.45, 2.75) is 58.8 Å². The molecule has 2 fully saturated rings. The van der Waals surface area contributed by atoms with Crippen molar-refractivity contribution in [3.05, 3.63) is 120 Å². The average Bonchev–Trinajstić information content (AvgIpc) is 3.94. The lowest BCUT2D eigenvalue weighted by atomic mass is 10.1. The van der Waals surface area contributed by atoms with Crippen molar-refractivity contribution in [3.63, 3.8) is 0 Å². The van der Waals surface area contributed by atoms with E-state index >= 15 is 0 Å². The van der Waals surface area contributed by atoms with E-state index in [9.17, 15) is 16.8 Å². The fraction of sp³-hybridized carbons (Fsp3) is 0.300. The topological polar surface area (TPSA) is 205 Å². The summed E-state index contributed by atoms with van der Waals surface area (Å²) >= 11 is 1.35. The maximum atomic E-state index is 13.6. The molecule has 0 bridgehead atoms. The molecule has 0 saturated carbocycles. The third-order valence-corrected chi connectivity index (χ3v) is 15.5. The lowest BCUT2D eigenvalue weighted by molar-refractivity contribution is 0.346. The van der Waals surface area contributed by atoms with Gasteiger partial charge in [-0.15, -0.1) is 32.2 Å². The smallest absolute Gasteiger partial charge is 0.247 e. The largest absolute Gasteiger partial charge is 0.419 e. The van der Waals surface area contributed by atoms with E-state index in [4.69, 9.17) is 20.3 Å². The normalized spacial score (nSPS) is 17.0. The number of hydrogen-bond donors (Lipinski definition) is 2. The van der Waals surface area contributed by atoms with E-state index in [0.717, 1.165) is 38.5 Å². The van der Waals surface area contributed by atoms with Crippen molar-refractivity contribution in [2.24, 2.45) is 0 Å². The van der Waals surface area contributed by atoms with E-state index in [0.29, 0.717) is 59.8 Å². The van der Waals surface area contributed by atoms with Crippen LogP contribution in [0.15, 0.2) is 116 Å². The van der Waals surface area contributed by atoms with Crippen molar-refractivity contribution in [1.82, 2.24) is 29.0 Å². The lowest BCUT2D eigenvalue weighted by Crippen LogP contribution is -2.35. The molecule has 296 valence electrons. The Hall–Kier alpha value is -5.07. The van der Waals surface area contributed by atoms with E-state index in [-0.39, 0.29) is 33.4 Å². The zero-order valence-corrected chi connectivity index (χ0v) is 33.4. The summed E-state index contributed by atoms with van der Waals surface area (Å²) in [6.07, 6.45) is 5.31. The quantitative estimate of drug-likeness (QED) is 0.121. The molecule has 57 heavy (non-hydrogen) atoms. The molecule has 2 saturated heterocycles. The number of hydrogen-bond acceptors (Lipinski definition) is 13. The molecular weight excluding hydrogens is 785 g/mol. The zero-order chi connectivity index (χ0) is 39.6. The molecule has 4 heterocycles. The molecular formula is C40H42N8O6S3. The molecule has 2 unspecified atom stereocenters. The van der Waals surface area contributed by atoms with Crippen LogP contribution in [0, 0.1) is 0 Å². The third-order valence-electron chi connectivity index (χ3n) is 10.2. The Balaban J connectivity index is 1.19. The fourth-order valence-corrected chi connectivity index (χ4v) is 11.4. The van der Waals surface area contributed by atoms with Gasteiger partial charge in [0.15, 0.2) is 0 Å². The van der Waals surface area contributed by atoms with Crippen molar-refractivity contribution in [1.29, 1.82) is 0 Å². The lowest BCUT2D eigenvalue weighted by Gasteiger charge is -2.26. The minimum Gasteiger partial charge on any atom is -0.419 e. The van der Waals surface area contributed by atoms with Crippen LogP contribution in [-0.2, 0) is 20.0 Å². The summed E-state index contributed by atoms with van der Waals surface area (Å²) in [5.74, 6) is 1.02. The molecule has 2 aliphatic rings. The molecule has 6 aromatic rings. The van der Waals surface area contributed by atoms with Gasteiger partial charge in [-0.25, -0.2) is 16.8 Å². The summed E-state index contributed by atoms with van der Waals surface area (Å²) in [5.41, 5.74) is 15.7. The van der Waals surface area contributed by atoms with E-state index in [2.05, 4.69) is 20.4 Å². The molecule has 8 rings (SSSR count). The highest BCUT2D eigenvalue weighted by atomic mass is 32.2. The number of piperidine rings is 2. The summed E-state index contributed by atoms with van der Waals surface area (Å²) in [7, 11) is -7.39. The van der Waals surface area contributed by atoms with Crippen molar-refractivity contribution < 1.29 is 25.7 Å². The van der Waals surface area contributed by atoms with Gasteiger partial charge < -0.3 is 20.3 Å². The number of aromatic nitrogens is 4. The molecule has 4 N–H and O–H groups in total. The number of benzene rings is 4. The minimum absolute atomic E-state index is 0.192. The Labute approximate surface area is 335 Å². The van der Waals surface area contributed by atoms with E-state index in [1.54, 1.807) is 97.1 Å². The van der Waals surface area contributed by atoms with Crippen LogP contribution >= 0.6 is 11.8 Å². The van der Waals surface area contributed by atoms with Gasteiger partial charge in [0, 0.05) is 48.7 Å². The van der Waals surface area contributed by atoms with Gasteiger partial charge in [-0.1, -0.05) is 37.1 Å². The first-order chi connectivity index (χ1) is 27.6. The number of anilines is 2. The maximum absolute atomic E-state index is 13.6. The Morgan fingerprint density at radius 3 is 1.19 bits per heavy atom. The van der Waals surface area contributed by atoms with Crippen LogP contribution in [0.4, 0.5) is 11.4 Å². The van der Waals surface area contributed by atoms with Crippen molar-refractivity contribution in [2.75, 3.05) is 37.6 Å². The monoisotopic (exact) mass is 826 g/mol. The molecule has 2 atom stereocenters. The number of nitrogens with zero attached hydrogens (tertiary/aromatic N) is 6. The standard InChI is InChI=1S/C40H42N8O6S3/c41-31-15-7-29(8-16-31)37-43-45-39(53-37)35(27-11-19-33(20-12-27)56(49,50)47-23-3-1-4-24-47)55-36(40-46-44-38(54-40)30-9-17-32(42)18-10-30)28-13-21-34(22-14-28)57(51,52)48-25-5-2-6-26-48/h7-22,35-36H,1-6,23-26,41-42H2. The summed E-state index contributed by atoms with van der Waals surface area (Å²) in [6, 6.07) is 27.5. The van der Waals surface area contributed by atoms with Gasteiger partial charge in [0.25, 0.3) is 0 Å². The molecule has 0 aliphatic carbocycles. The second-order valence-electron chi connectivity index (χ2n) is 14.1. The second-order valence-corrected chi connectivity index (χ2v) is 19.2. The van der Waals surface area contributed by atoms with Crippen LogP contribution in [0.1, 0.15) is 71.9 Å². The van der Waals surface area contributed by atoms with Gasteiger partial charge >= 0.3 is 0 Å². The molecule has 14 nitrogen and oxygen atoms in total. The number of thioether (sulfide) groups is 1. The van der Waals surface area contributed by atoms with Gasteiger partial charge in [-0.3, -0.25) is 0 Å². The van der Waals surface area contributed by atoms with Crippen LogP contribution in [0.25, 0.3) is 22.9 Å². The summed E-state index contributed by atoms with van der Waals surface area (Å²) in [6.45, 7) is 1.95. The molecule has 2 aromatic heterocycles. The molecule has 4 aromatic carbocycles. The fourth-order valence-electron chi connectivity index (χ4n) is 7.00. The minimum atomic E-state index is -3.69. The predicted molar refractivity (Wildman–Crippen MR) is 218 cm³/mol. The van der Waals surface area contributed by atoms with Crippen LogP contribution < -0.4 is 11.5 Å². The molecule has 0 amide bonds. The predicted octanol–water partition coefficient (Wildman–Crippen LogP) is 6.91. The summed E-state index contributed by atoms with van der Waals surface area (Å²) in [5, 5.41) is 16.3. The summed E-state index contributed by atoms with van der Waals surface area (Å²) in [4.78, 5) is 0.383. The Bertz CT molecular complexity index is 2340. The molecule has 17 heteroatoms. The highest BCUT2D eigenvalue weighted by Crippen LogP contribution is 2.48. The maximum Gasteiger partial charge on any atom is 0.247 e. The second kappa shape index (κ2) is 16.4. The van der Waals surface area contributed by atoms with E-state index < -0.39 is 30.5 Å². The third kappa shape index (κ3) is 8.34. The number of nitrogens with two attached hydrogens (primary N) is 2. The number of sulfonamides is 2. The molecule has 0 spiro atoms. The average molecular weight is 827 g/mol. The first kappa shape index (κ1) is 38.8. The van der Waals surface area contributed by atoms with Crippen LogP contribution in [-0.4, -0.2) is 72.0 Å². The van der Waals surface area contributed by atoms with E-state index in [1.165, 1.54) is 20.4 Å². The Morgan fingerprint density at radius 1 is 0.491 bits per heavy atom. The van der Waals surface area contributed by atoms with Crippen LogP contribution in [0.2, 0.25) is 0 Å². The number of nitrogen functional groups attached to an aromatic ring is 2. The molecule has 2 aliphatic heterocycles. The Kier molecular flexibility index (Phi) is 11.2.